The highest BCUT2D eigenvalue weighted by molar-refractivity contribution is 4.98. The van der Waals surface area contributed by atoms with Crippen LogP contribution in [0.5, 0.6) is 0 Å². The molecule has 0 radical (unpaired) electrons. The average molecular weight is 241 g/mol. The van der Waals surface area contributed by atoms with Crippen molar-refractivity contribution in [2.24, 2.45) is 11.8 Å². The summed E-state index contributed by atoms with van der Waals surface area (Å²) in [6.07, 6.45) is 5.04. The summed E-state index contributed by atoms with van der Waals surface area (Å²) in [6.45, 7) is 8.82. The Labute approximate surface area is 105 Å². The minimum absolute atomic E-state index is 0.122. The quantitative estimate of drug-likeness (QED) is 0.572. The number of nitrogens with two attached hydrogens (primary N) is 1. The molecule has 100 valence electrons. The first-order valence-corrected chi connectivity index (χ1v) is 6.95. The fraction of sp³-hybridized carbons (Fsp3) is 1.00. The molecule has 0 aromatic heterocycles. The van der Waals surface area contributed by atoms with Gasteiger partial charge in [-0.1, -0.05) is 0 Å². The molecular formula is C13H27N3O. The van der Waals surface area contributed by atoms with Crippen molar-refractivity contribution in [2.45, 2.75) is 51.1 Å². The molecule has 2 atom stereocenters. The van der Waals surface area contributed by atoms with Crippen molar-refractivity contribution >= 4 is 0 Å². The van der Waals surface area contributed by atoms with E-state index in [1.165, 1.54) is 38.8 Å². The third kappa shape index (κ3) is 2.81. The van der Waals surface area contributed by atoms with E-state index in [1.54, 1.807) is 0 Å². The van der Waals surface area contributed by atoms with E-state index in [-0.39, 0.29) is 5.54 Å². The Hall–Kier alpha value is -0.160. The fourth-order valence-corrected chi connectivity index (χ4v) is 3.44. The highest BCUT2D eigenvalue weighted by atomic mass is 16.5. The summed E-state index contributed by atoms with van der Waals surface area (Å²) in [5, 5.41) is 0. The maximum atomic E-state index is 5.83. The standard InChI is InChI=1S/C13H27N3O/c1-13(2,16-7-3-4-8-16)12(15-14)11-6-5-9-17-10-11/h11-12,15H,3-10,14H2,1-2H3. The number of ether oxygens (including phenoxy) is 1. The van der Waals surface area contributed by atoms with Gasteiger partial charge in [0.1, 0.15) is 0 Å². The van der Waals surface area contributed by atoms with Crippen LogP contribution in [0.15, 0.2) is 0 Å². The van der Waals surface area contributed by atoms with Gasteiger partial charge in [-0.25, -0.2) is 0 Å². The van der Waals surface area contributed by atoms with Crippen LogP contribution in [0.3, 0.4) is 0 Å². The molecule has 0 spiro atoms. The van der Waals surface area contributed by atoms with Gasteiger partial charge in [0.15, 0.2) is 0 Å². The summed E-state index contributed by atoms with van der Waals surface area (Å²) in [7, 11) is 0. The molecule has 0 saturated carbocycles. The predicted octanol–water partition coefficient (Wildman–Crippen LogP) is 1.12. The van der Waals surface area contributed by atoms with Crippen LogP contribution >= 0.6 is 0 Å². The van der Waals surface area contributed by atoms with Crippen LogP contribution in [-0.2, 0) is 4.74 Å². The minimum atomic E-state index is 0.122. The molecule has 0 aromatic rings. The molecular weight excluding hydrogens is 214 g/mol. The Morgan fingerprint density at radius 2 is 2.00 bits per heavy atom. The maximum Gasteiger partial charge on any atom is 0.0510 e. The van der Waals surface area contributed by atoms with Gasteiger partial charge in [-0.15, -0.1) is 0 Å². The lowest BCUT2D eigenvalue weighted by atomic mass is 9.81. The van der Waals surface area contributed by atoms with Gasteiger partial charge in [0.2, 0.25) is 0 Å². The van der Waals surface area contributed by atoms with Crippen molar-refractivity contribution in [1.29, 1.82) is 0 Å². The van der Waals surface area contributed by atoms with Gasteiger partial charge in [0.05, 0.1) is 6.61 Å². The number of hydrogen-bond acceptors (Lipinski definition) is 4. The van der Waals surface area contributed by atoms with Crippen molar-refractivity contribution in [3.63, 3.8) is 0 Å². The smallest absolute Gasteiger partial charge is 0.0510 e. The molecule has 2 heterocycles. The van der Waals surface area contributed by atoms with Gasteiger partial charge in [-0.3, -0.25) is 16.2 Å². The lowest BCUT2D eigenvalue weighted by Gasteiger charge is -2.46. The third-order valence-corrected chi connectivity index (χ3v) is 4.53. The van der Waals surface area contributed by atoms with Crippen LogP contribution in [0.4, 0.5) is 0 Å². The molecule has 0 amide bonds. The largest absolute Gasteiger partial charge is 0.381 e. The first-order chi connectivity index (χ1) is 8.16. The van der Waals surface area contributed by atoms with E-state index in [9.17, 15) is 0 Å². The number of hydrogen-bond donors (Lipinski definition) is 2. The highest BCUT2D eigenvalue weighted by Gasteiger charge is 2.40. The van der Waals surface area contributed by atoms with E-state index in [0.29, 0.717) is 12.0 Å². The Morgan fingerprint density at radius 3 is 2.53 bits per heavy atom. The molecule has 2 rings (SSSR count). The van der Waals surface area contributed by atoms with Crippen molar-refractivity contribution in [2.75, 3.05) is 26.3 Å². The van der Waals surface area contributed by atoms with E-state index in [0.717, 1.165) is 13.2 Å². The van der Waals surface area contributed by atoms with Crippen LogP contribution in [-0.4, -0.2) is 42.8 Å². The second-order valence-electron chi connectivity index (χ2n) is 5.97. The van der Waals surface area contributed by atoms with E-state index < -0.39 is 0 Å². The van der Waals surface area contributed by atoms with Gasteiger partial charge in [0.25, 0.3) is 0 Å². The van der Waals surface area contributed by atoms with Gasteiger partial charge >= 0.3 is 0 Å². The third-order valence-electron chi connectivity index (χ3n) is 4.53. The monoisotopic (exact) mass is 241 g/mol. The van der Waals surface area contributed by atoms with Crippen LogP contribution in [0.1, 0.15) is 39.5 Å². The molecule has 3 N–H and O–H groups in total. The van der Waals surface area contributed by atoms with Crippen molar-refractivity contribution in [3.8, 4) is 0 Å². The van der Waals surface area contributed by atoms with Gasteiger partial charge in [0, 0.05) is 24.1 Å². The molecule has 0 aliphatic carbocycles. The molecule has 4 heteroatoms. The molecule has 2 fully saturated rings. The Morgan fingerprint density at radius 1 is 1.29 bits per heavy atom. The van der Waals surface area contributed by atoms with E-state index in [4.69, 9.17) is 10.6 Å². The number of nitrogens with one attached hydrogen (secondary N) is 1. The Kier molecular flexibility index (Phi) is 4.42. The number of likely N-dealkylation sites (tertiary alicyclic amines) is 1. The number of rotatable bonds is 4. The molecule has 4 nitrogen and oxygen atoms in total. The van der Waals surface area contributed by atoms with Gasteiger partial charge in [-0.05, 0) is 52.6 Å². The van der Waals surface area contributed by atoms with Gasteiger partial charge < -0.3 is 4.74 Å². The molecule has 0 bridgehead atoms. The first-order valence-electron chi connectivity index (χ1n) is 6.95. The van der Waals surface area contributed by atoms with E-state index in [1.807, 2.05) is 0 Å². The molecule has 2 aliphatic heterocycles. The van der Waals surface area contributed by atoms with Crippen molar-refractivity contribution < 1.29 is 4.74 Å². The minimum Gasteiger partial charge on any atom is -0.381 e. The summed E-state index contributed by atoms with van der Waals surface area (Å²) in [4.78, 5) is 2.58. The zero-order valence-corrected chi connectivity index (χ0v) is 11.2. The number of hydrazine groups is 1. The summed E-state index contributed by atoms with van der Waals surface area (Å²) >= 11 is 0. The molecule has 2 saturated heterocycles. The van der Waals surface area contributed by atoms with Crippen LogP contribution < -0.4 is 11.3 Å². The SMILES string of the molecule is CC(C)(C(NN)C1CCCOC1)N1CCCC1. The maximum absolute atomic E-state index is 5.83. The molecule has 2 aliphatic rings. The predicted molar refractivity (Wildman–Crippen MR) is 69.5 cm³/mol. The molecule has 0 aromatic carbocycles. The average Bonchev–Trinajstić information content (AvgIpc) is 2.85. The van der Waals surface area contributed by atoms with Gasteiger partial charge in [-0.2, -0.15) is 0 Å². The lowest BCUT2D eigenvalue weighted by molar-refractivity contribution is -0.00188. The second kappa shape index (κ2) is 5.65. The number of nitrogens with zero attached hydrogens (tertiary/aromatic N) is 1. The lowest BCUT2D eigenvalue weighted by Crippen LogP contribution is -2.62. The second-order valence-corrected chi connectivity index (χ2v) is 5.97. The summed E-state index contributed by atoms with van der Waals surface area (Å²) in [5.74, 6) is 6.37. The topological polar surface area (TPSA) is 50.5 Å². The van der Waals surface area contributed by atoms with Crippen molar-refractivity contribution in [1.82, 2.24) is 10.3 Å². The Bertz CT molecular complexity index is 233. The van der Waals surface area contributed by atoms with E-state index in [2.05, 4.69) is 24.2 Å². The Balaban J connectivity index is 2.04. The van der Waals surface area contributed by atoms with E-state index >= 15 is 0 Å². The highest BCUT2D eigenvalue weighted by Crippen LogP contribution is 2.31. The summed E-state index contributed by atoms with van der Waals surface area (Å²) < 4.78 is 5.61. The molecule has 2 unspecified atom stereocenters. The molecule has 17 heavy (non-hydrogen) atoms. The normalized spacial score (nSPS) is 29.5. The van der Waals surface area contributed by atoms with Crippen LogP contribution in [0.25, 0.3) is 0 Å². The van der Waals surface area contributed by atoms with Crippen LogP contribution in [0, 0.1) is 5.92 Å². The first kappa shape index (κ1) is 13.3. The fourth-order valence-electron chi connectivity index (χ4n) is 3.44. The van der Waals surface area contributed by atoms with Crippen molar-refractivity contribution in [3.05, 3.63) is 0 Å². The zero-order valence-electron chi connectivity index (χ0n) is 11.2. The zero-order chi connectivity index (χ0) is 12.3. The summed E-state index contributed by atoms with van der Waals surface area (Å²) in [6, 6.07) is 0.320. The summed E-state index contributed by atoms with van der Waals surface area (Å²) in [5.41, 5.74) is 3.19. The van der Waals surface area contributed by atoms with Crippen LogP contribution in [0.2, 0.25) is 0 Å².